The summed E-state index contributed by atoms with van der Waals surface area (Å²) in [7, 11) is 0. The summed E-state index contributed by atoms with van der Waals surface area (Å²) in [6.07, 6.45) is -0.719. The molecule has 2 fully saturated rings. The van der Waals surface area contributed by atoms with Gasteiger partial charge in [-0.05, 0) is 6.92 Å². The van der Waals surface area contributed by atoms with Gasteiger partial charge in [-0.25, -0.2) is 0 Å². The Morgan fingerprint density at radius 1 is 1.44 bits per heavy atom. The molecule has 2 rings (SSSR count). The predicted octanol–water partition coefficient (Wildman–Crippen LogP) is -1.02. The quantitative estimate of drug-likeness (QED) is 0.633. The number of aliphatic hydroxyl groups is 1. The number of β-lactam (4-membered cyclic amide) rings is 1. The Morgan fingerprint density at radius 2 is 2.06 bits per heavy atom. The molecule has 102 valence electrons. The van der Waals surface area contributed by atoms with Gasteiger partial charge in [0, 0.05) is 13.1 Å². The molecule has 0 aromatic rings. The summed E-state index contributed by atoms with van der Waals surface area (Å²) in [4.78, 5) is 25.4. The van der Waals surface area contributed by atoms with Crippen LogP contribution in [0.1, 0.15) is 13.8 Å². The molecule has 2 amide bonds. The highest BCUT2D eigenvalue weighted by molar-refractivity contribution is 5.90. The van der Waals surface area contributed by atoms with E-state index >= 15 is 0 Å². The largest absolute Gasteiger partial charge is 0.393 e. The molecule has 0 saturated carbocycles. The molecule has 6 heteroatoms. The van der Waals surface area contributed by atoms with Gasteiger partial charge in [-0.1, -0.05) is 6.92 Å². The number of morpholine rings is 1. The summed E-state index contributed by atoms with van der Waals surface area (Å²) in [6.45, 7) is 5.72. The zero-order chi connectivity index (χ0) is 13.3. The van der Waals surface area contributed by atoms with Crippen LogP contribution in [0.3, 0.4) is 0 Å². The first-order chi connectivity index (χ1) is 8.52. The highest BCUT2D eigenvalue weighted by Gasteiger charge is 2.47. The second kappa shape index (κ2) is 5.24. The van der Waals surface area contributed by atoms with Crippen LogP contribution in [0, 0.1) is 11.8 Å². The fourth-order valence-corrected chi connectivity index (χ4v) is 2.60. The highest BCUT2D eigenvalue weighted by Crippen LogP contribution is 2.26. The predicted molar refractivity (Wildman–Crippen MR) is 63.7 cm³/mol. The molecular weight excluding hydrogens is 236 g/mol. The number of rotatable bonds is 3. The highest BCUT2D eigenvalue weighted by atomic mass is 16.5. The maximum absolute atomic E-state index is 12.2. The van der Waals surface area contributed by atoms with Crippen molar-refractivity contribution in [2.75, 3.05) is 26.3 Å². The topological polar surface area (TPSA) is 78.9 Å². The Balaban J connectivity index is 1.96. The second-order valence-corrected chi connectivity index (χ2v) is 5.03. The van der Waals surface area contributed by atoms with E-state index in [1.807, 2.05) is 0 Å². The van der Waals surface area contributed by atoms with E-state index in [0.717, 1.165) is 0 Å². The van der Waals surface area contributed by atoms with Gasteiger partial charge >= 0.3 is 0 Å². The van der Waals surface area contributed by atoms with Crippen LogP contribution in [0.5, 0.6) is 0 Å². The Hall–Kier alpha value is -1.14. The zero-order valence-corrected chi connectivity index (χ0v) is 10.8. The lowest BCUT2D eigenvalue weighted by Crippen LogP contribution is -2.66. The number of hydrogen-bond acceptors (Lipinski definition) is 4. The summed E-state index contributed by atoms with van der Waals surface area (Å²) in [5, 5.41) is 12.3. The minimum atomic E-state index is -0.719. The number of ether oxygens (including phenoxy) is 1. The van der Waals surface area contributed by atoms with Crippen molar-refractivity contribution in [3.8, 4) is 0 Å². The van der Waals surface area contributed by atoms with Gasteiger partial charge < -0.3 is 20.1 Å². The van der Waals surface area contributed by atoms with Gasteiger partial charge in [0.25, 0.3) is 0 Å². The number of nitrogens with one attached hydrogen (secondary N) is 1. The first-order valence-electron chi connectivity index (χ1n) is 6.37. The molecule has 4 atom stereocenters. The lowest BCUT2D eigenvalue weighted by molar-refractivity contribution is -0.150. The molecule has 0 aliphatic carbocycles. The van der Waals surface area contributed by atoms with Crippen molar-refractivity contribution < 1.29 is 19.4 Å². The number of nitrogens with zero attached hydrogens (tertiary/aromatic N) is 1. The third kappa shape index (κ3) is 2.35. The lowest BCUT2D eigenvalue weighted by Gasteiger charge is -2.43. The number of hydrogen-bond donors (Lipinski definition) is 2. The summed E-state index contributed by atoms with van der Waals surface area (Å²) in [5.41, 5.74) is 0. The van der Waals surface area contributed by atoms with E-state index in [1.54, 1.807) is 18.7 Å². The van der Waals surface area contributed by atoms with Gasteiger partial charge in [-0.2, -0.15) is 0 Å². The molecule has 0 aromatic carbocycles. The zero-order valence-electron chi connectivity index (χ0n) is 10.8. The smallest absolute Gasteiger partial charge is 0.228 e. The van der Waals surface area contributed by atoms with Crippen LogP contribution in [0.2, 0.25) is 0 Å². The van der Waals surface area contributed by atoms with Gasteiger partial charge in [0.15, 0.2) is 0 Å². The van der Waals surface area contributed by atoms with Crippen molar-refractivity contribution in [2.45, 2.75) is 26.0 Å². The molecule has 6 nitrogen and oxygen atoms in total. The van der Waals surface area contributed by atoms with E-state index in [0.29, 0.717) is 26.3 Å². The molecule has 2 N–H and O–H groups in total. The van der Waals surface area contributed by atoms with E-state index in [1.165, 1.54) is 0 Å². The van der Waals surface area contributed by atoms with E-state index in [-0.39, 0.29) is 23.8 Å². The Bertz CT molecular complexity index is 339. The molecule has 2 aliphatic heterocycles. The van der Waals surface area contributed by atoms with Crippen molar-refractivity contribution in [1.82, 2.24) is 10.2 Å². The van der Waals surface area contributed by atoms with E-state index in [9.17, 15) is 14.7 Å². The summed E-state index contributed by atoms with van der Waals surface area (Å²) in [6, 6.07) is -0.257. The maximum atomic E-state index is 12.2. The molecular formula is C12H20N2O4. The standard InChI is InChI=1S/C12H20N2O4/c1-7(10-9(8(2)15)11(16)13-10)12(17)14-3-5-18-6-4-14/h7-10,15H,3-6H2,1-2H3,(H,13,16). The molecule has 0 aromatic heterocycles. The Labute approximate surface area is 106 Å². The van der Waals surface area contributed by atoms with Crippen molar-refractivity contribution in [1.29, 1.82) is 0 Å². The molecule has 2 saturated heterocycles. The number of carbonyl (C=O) groups excluding carboxylic acids is 2. The number of aliphatic hydroxyl groups excluding tert-OH is 1. The van der Waals surface area contributed by atoms with Crippen molar-refractivity contribution in [2.24, 2.45) is 11.8 Å². The molecule has 2 heterocycles. The van der Waals surface area contributed by atoms with Gasteiger partial charge in [-0.15, -0.1) is 0 Å². The first kappa shape index (κ1) is 13.3. The van der Waals surface area contributed by atoms with Gasteiger partial charge in [0.05, 0.1) is 37.2 Å². The molecule has 4 unspecified atom stereocenters. The summed E-state index contributed by atoms with van der Waals surface area (Å²) in [5.74, 6) is -0.920. The third-order valence-electron chi connectivity index (χ3n) is 3.77. The van der Waals surface area contributed by atoms with E-state index in [4.69, 9.17) is 4.74 Å². The van der Waals surface area contributed by atoms with Gasteiger partial charge in [0.1, 0.15) is 0 Å². The van der Waals surface area contributed by atoms with Crippen LogP contribution in [-0.4, -0.2) is 60.3 Å². The van der Waals surface area contributed by atoms with E-state index in [2.05, 4.69) is 5.32 Å². The molecule has 0 spiro atoms. The minimum Gasteiger partial charge on any atom is -0.393 e. The maximum Gasteiger partial charge on any atom is 0.228 e. The van der Waals surface area contributed by atoms with Crippen LogP contribution in [0.4, 0.5) is 0 Å². The second-order valence-electron chi connectivity index (χ2n) is 5.03. The van der Waals surface area contributed by atoms with Crippen LogP contribution in [0.15, 0.2) is 0 Å². The minimum absolute atomic E-state index is 0.0222. The third-order valence-corrected chi connectivity index (χ3v) is 3.77. The fraction of sp³-hybridized carbons (Fsp3) is 0.833. The van der Waals surface area contributed by atoms with Crippen molar-refractivity contribution in [3.05, 3.63) is 0 Å². The SMILES string of the molecule is CC(O)C1C(=O)NC1C(C)C(=O)N1CCOCC1. The van der Waals surface area contributed by atoms with Crippen LogP contribution >= 0.6 is 0 Å². The molecule has 18 heavy (non-hydrogen) atoms. The fourth-order valence-electron chi connectivity index (χ4n) is 2.60. The first-order valence-corrected chi connectivity index (χ1v) is 6.37. The molecule has 2 aliphatic rings. The number of carbonyl (C=O) groups is 2. The summed E-state index contributed by atoms with van der Waals surface area (Å²) >= 11 is 0. The molecule has 0 bridgehead atoms. The van der Waals surface area contributed by atoms with Crippen LogP contribution in [0.25, 0.3) is 0 Å². The average molecular weight is 256 g/mol. The Kier molecular flexibility index (Phi) is 3.87. The van der Waals surface area contributed by atoms with Crippen LogP contribution in [-0.2, 0) is 14.3 Å². The van der Waals surface area contributed by atoms with E-state index < -0.39 is 12.0 Å². The lowest BCUT2D eigenvalue weighted by atomic mass is 9.78. The van der Waals surface area contributed by atoms with Crippen molar-refractivity contribution in [3.63, 3.8) is 0 Å². The number of amides is 2. The molecule has 0 radical (unpaired) electrons. The Morgan fingerprint density at radius 3 is 2.56 bits per heavy atom. The van der Waals surface area contributed by atoms with Gasteiger partial charge in [-0.3, -0.25) is 9.59 Å². The van der Waals surface area contributed by atoms with Crippen LogP contribution < -0.4 is 5.32 Å². The van der Waals surface area contributed by atoms with Gasteiger partial charge in [0.2, 0.25) is 11.8 Å². The summed E-state index contributed by atoms with van der Waals surface area (Å²) < 4.78 is 5.20. The monoisotopic (exact) mass is 256 g/mol. The normalized spacial score (nSPS) is 31.3. The van der Waals surface area contributed by atoms with Crippen molar-refractivity contribution >= 4 is 11.8 Å². The average Bonchev–Trinajstić information content (AvgIpc) is 2.34.